The van der Waals surface area contributed by atoms with Gasteiger partial charge >= 0.3 is 0 Å². The number of amidine groups is 1. The number of hydrogen-bond donors (Lipinski definition) is 2. The number of carbonyl (C=O) groups is 1. The monoisotopic (exact) mass is 243 g/mol. The van der Waals surface area contributed by atoms with Gasteiger partial charge in [0.25, 0.3) is 0 Å². The highest BCUT2D eigenvalue weighted by Crippen LogP contribution is 2.25. The third kappa shape index (κ3) is 3.40. The van der Waals surface area contributed by atoms with E-state index in [0.29, 0.717) is 6.54 Å². The quantitative estimate of drug-likeness (QED) is 0.784. The van der Waals surface area contributed by atoms with Crippen LogP contribution in [0.3, 0.4) is 0 Å². The minimum Gasteiger partial charge on any atom is -0.359 e. The van der Waals surface area contributed by atoms with Gasteiger partial charge in [0.2, 0.25) is 5.91 Å². The summed E-state index contributed by atoms with van der Waals surface area (Å²) < 4.78 is 0. The van der Waals surface area contributed by atoms with E-state index < -0.39 is 0 Å². The van der Waals surface area contributed by atoms with Crippen LogP contribution in [0.25, 0.3) is 0 Å². The van der Waals surface area contributed by atoms with Crippen molar-refractivity contribution >= 4 is 22.8 Å². The molecule has 2 unspecified atom stereocenters. The molecule has 0 aromatic carbocycles. The van der Waals surface area contributed by atoms with Crippen molar-refractivity contribution in [2.75, 3.05) is 12.3 Å². The molecule has 1 rings (SSSR count). The Labute approximate surface area is 102 Å². The number of nitrogens with zero attached hydrogens (tertiary/aromatic N) is 1. The van der Waals surface area contributed by atoms with Crippen LogP contribution in [-0.4, -0.2) is 35.0 Å². The molecule has 2 N–H and O–H groups in total. The van der Waals surface area contributed by atoms with E-state index in [-0.39, 0.29) is 17.5 Å². The van der Waals surface area contributed by atoms with Crippen LogP contribution in [0, 0.1) is 0 Å². The molecule has 1 heterocycles. The number of likely N-dealkylation sites (N-methyl/N-ethyl adjacent to an activating group) is 1. The number of hydrogen-bond acceptors (Lipinski definition) is 3. The smallest absolute Gasteiger partial charge is 0.244 e. The van der Waals surface area contributed by atoms with Gasteiger partial charge in [0, 0.05) is 17.8 Å². The van der Waals surface area contributed by atoms with E-state index in [9.17, 15) is 4.79 Å². The molecule has 1 saturated heterocycles. The van der Waals surface area contributed by atoms with Crippen LogP contribution < -0.4 is 10.6 Å². The fourth-order valence-corrected chi connectivity index (χ4v) is 2.66. The van der Waals surface area contributed by atoms with Gasteiger partial charge in [-0.1, -0.05) is 18.7 Å². The lowest BCUT2D eigenvalue weighted by Gasteiger charge is -2.21. The molecule has 0 bridgehead atoms. The highest BCUT2D eigenvalue weighted by atomic mass is 32.2. The van der Waals surface area contributed by atoms with Gasteiger partial charge in [-0.2, -0.15) is 0 Å². The first-order chi connectivity index (χ1) is 7.50. The largest absolute Gasteiger partial charge is 0.359 e. The summed E-state index contributed by atoms with van der Waals surface area (Å²) in [7, 11) is 0. The molecule has 0 spiro atoms. The summed E-state index contributed by atoms with van der Waals surface area (Å²) in [4.78, 5) is 15.9. The fraction of sp³-hybridized carbons (Fsp3) is 0.818. The first-order valence-corrected chi connectivity index (χ1v) is 6.76. The lowest BCUT2D eigenvalue weighted by Crippen LogP contribution is -2.40. The van der Waals surface area contributed by atoms with Crippen LogP contribution in [-0.2, 0) is 4.79 Å². The molecule has 1 aliphatic rings. The lowest BCUT2D eigenvalue weighted by molar-refractivity contribution is -0.121. The molecular weight excluding hydrogens is 222 g/mol. The van der Waals surface area contributed by atoms with Gasteiger partial charge in [-0.15, -0.1) is 0 Å². The van der Waals surface area contributed by atoms with Crippen molar-refractivity contribution in [3.05, 3.63) is 0 Å². The first kappa shape index (κ1) is 13.4. The van der Waals surface area contributed by atoms with E-state index in [0.717, 1.165) is 17.3 Å². The van der Waals surface area contributed by atoms with E-state index in [1.807, 2.05) is 13.8 Å². The Morgan fingerprint density at radius 1 is 1.69 bits per heavy atom. The first-order valence-electron chi connectivity index (χ1n) is 5.77. The molecule has 1 fully saturated rings. The summed E-state index contributed by atoms with van der Waals surface area (Å²) in [5, 5.41) is 7.04. The van der Waals surface area contributed by atoms with Crippen LogP contribution in [0.1, 0.15) is 34.1 Å². The Hall–Kier alpha value is -0.710. The molecule has 4 nitrogen and oxygen atoms in total. The predicted octanol–water partition coefficient (Wildman–Crippen LogP) is 1.37. The molecule has 16 heavy (non-hydrogen) atoms. The minimum absolute atomic E-state index is 0.0116. The third-order valence-corrected chi connectivity index (χ3v) is 4.02. The Morgan fingerprint density at radius 2 is 2.38 bits per heavy atom. The van der Waals surface area contributed by atoms with Crippen LogP contribution >= 0.6 is 11.8 Å². The molecule has 0 aromatic heterocycles. The number of aliphatic imine (C=N–C) groups is 1. The summed E-state index contributed by atoms with van der Waals surface area (Å²) >= 11 is 1.70. The summed E-state index contributed by atoms with van der Waals surface area (Å²) in [5.74, 6) is 1.01. The van der Waals surface area contributed by atoms with Crippen molar-refractivity contribution in [2.24, 2.45) is 4.99 Å². The van der Waals surface area contributed by atoms with Gasteiger partial charge in [-0.3, -0.25) is 4.79 Å². The van der Waals surface area contributed by atoms with E-state index in [1.165, 1.54) is 0 Å². The molecule has 1 aliphatic heterocycles. The molecule has 92 valence electrons. The van der Waals surface area contributed by atoms with E-state index >= 15 is 0 Å². The highest BCUT2D eigenvalue weighted by molar-refractivity contribution is 8.14. The standard InChI is InChI=1S/C11H21N3OS/c1-5-11(4)7-16-10(14-11)13-8(3)9(15)12-6-2/h8H,5-7H2,1-4H3,(H,12,15)(H,13,14). The summed E-state index contributed by atoms with van der Waals surface area (Å²) in [6, 6.07) is -0.311. The fourth-order valence-electron chi connectivity index (χ4n) is 1.37. The zero-order valence-electron chi connectivity index (χ0n) is 10.5. The van der Waals surface area contributed by atoms with E-state index in [2.05, 4.69) is 29.5 Å². The Balaban J connectivity index is 2.56. The Bertz CT molecular complexity index is 293. The van der Waals surface area contributed by atoms with Crippen molar-refractivity contribution in [1.29, 1.82) is 0 Å². The second-order valence-electron chi connectivity index (χ2n) is 4.33. The zero-order chi connectivity index (χ0) is 12.2. The van der Waals surface area contributed by atoms with E-state index in [1.54, 1.807) is 11.8 Å². The average molecular weight is 243 g/mol. The molecular formula is C11H21N3OS. The van der Waals surface area contributed by atoms with Gasteiger partial charge in [0.05, 0.1) is 0 Å². The van der Waals surface area contributed by atoms with Crippen molar-refractivity contribution in [3.63, 3.8) is 0 Å². The van der Waals surface area contributed by atoms with Crippen molar-refractivity contribution < 1.29 is 4.79 Å². The predicted molar refractivity (Wildman–Crippen MR) is 69.9 cm³/mol. The number of thioether (sulfide) groups is 1. The second-order valence-corrected chi connectivity index (χ2v) is 5.30. The number of carbonyl (C=O) groups excluding carboxylic acids is 1. The van der Waals surface area contributed by atoms with Crippen LogP contribution in [0.4, 0.5) is 0 Å². The SMILES string of the molecule is CCNC(=O)C(C)N=C1NC(C)(CC)CS1. The van der Waals surface area contributed by atoms with Crippen LogP contribution in [0.5, 0.6) is 0 Å². The molecule has 5 heteroatoms. The molecule has 0 saturated carbocycles. The van der Waals surface area contributed by atoms with Crippen LogP contribution in [0.2, 0.25) is 0 Å². The number of rotatable bonds is 4. The van der Waals surface area contributed by atoms with Gasteiger partial charge in [-0.05, 0) is 27.2 Å². The molecule has 0 radical (unpaired) electrons. The summed E-state index contributed by atoms with van der Waals surface area (Å²) in [6.45, 7) is 8.72. The van der Waals surface area contributed by atoms with Gasteiger partial charge in [-0.25, -0.2) is 4.99 Å². The third-order valence-electron chi connectivity index (χ3n) is 2.76. The van der Waals surface area contributed by atoms with Crippen molar-refractivity contribution in [2.45, 2.75) is 45.7 Å². The Morgan fingerprint density at radius 3 is 2.88 bits per heavy atom. The number of nitrogens with one attached hydrogen (secondary N) is 2. The maximum Gasteiger partial charge on any atom is 0.244 e. The van der Waals surface area contributed by atoms with Crippen molar-refractivity contribution in [3.8, 4) is 0 Å². The maximum absolute atomic E-state index is 11.5. The summed E-state index contributed by atoms with van der Waals surface area (Å²) in [5.41, 5.74) is 0.129. The number of amides is 1. The van der Waals surface area contributed by atoms with Crippen molar-refractivity contribution in [1.82, 2.24) is 10.6 Å². The average Bonchev–Trinajstić information content (AvgIpc) is 2.61. The normalized spacial score (nSPS) is 28.9. The topological polar surface area (TPSA) is 53.5 Å². The maximum atomic E-state index is 11.5. The van der Waals surface area contributed by atoms with Crippen LogP contribution in [0.15, 0.2) is 4.99 Å². The van der Waals surface area contributed by atoms with Gasteiger partial charge < -0.3 is 10.6 Å². The molecule has 0 aromatic rings. The zero-order valence-corrected chi connectivity index (χ0v) is 11.3. The van der Waals surface area contributed by atoms with Gasteiger partial charge in [0.1, 0.15) is 6.04 Å². The minimum atomic E-state index is -0.311. The second kappa shape index (κ2) is 5.57. The van der Waals surface area contributed by atoms with Gasteiger partial charge in [0.15, 0.2) is 5.17 Å². The molecule has 1 amide bonds. The Kier molecular flexibility index (Phi) is 4.65. The molecule has 2 atom stereocenters. The highest BCUT2D eigenvalue weighted by Gasteiger charge is 2.31. The molecule has 0 aliphatic carbocycles. The lowest BCUT2D eigenvalue weighted by atomic mass is 10.0. The van der Waals surface area contributed by atoms with E-state index in [4.69, 9.17) is 0 Å². The summed E-state index contributed by atoms with van der Waals surface area (Å²) in [6.07, 6.45) is 1.06.